The third kappa shape index (κ3) is 7.71. The highest BCUT2D eigenvalue weighted by atomic mass is 16.5. The molecule has 0 spiro atoms. The summed E-state index contributed by atoms with van der Waals surface area (Å²) < 4.78 is 11.0. The van der Waals surface area contributed by atoms with Gasteiger partial charge in [-0.2, -0.15) is 0 Å². The summed E-state index contributed by atoms with van der Waals surface area (Å²) in [5.74, 6) is 0.857. The highest BCUT2D eigenvalue weighted by Gasteiger charge is 2.30. The van der Waals surface area contributed by atoms with Crippen LogP contribution in [0, 0.1) is 0 Å². The van der Waals surface area contributed by atoms with Crippen molar-refractivity contribution in [3.63, 3.8) is 0 Å². The lowest BCUT2D eigenvalue weighted by Crippen LogP contribution is -2.51. The molecule has 6 nitrogen and oxygen atoms in total. The number of hydrogen-bond acceptors (Lipinski definition) is 4. The molecule has 1 N–H and O–H groups in total. The largest absolute Gasteiger partial charge is 0.497 e. The summed E-state index contributed by atoms with van der Waals surface area (Å²) in [4.78, 5) is 28.9. The van der Waals surface area contributed by atoms with Crippen LogP contribution in [0.15, 0.2) is 115 Å². The van der Waals surface area contributed by atoms with Crippen molar-refractivity contribution < 1.29 is 19.1 Å². The molecule has 4 rings (SSSR count). The van der Waals surface area contributed by atoms with E-state index >= 15 is 0 Å². The summed E-state index contributed by atoms with van der Waals surface area (Å²) in [6, 6.07) is 35.4. The van der Waals surface area contributed by atoms with E-state index < -0.39 is 6.04 Å². The predicted octanol–water partition coefficient (Wildman–Crippen LogP) is 5.03. The molecule has 0 fully saturated rings. The molecule has 0 aliphatic heterocycles. The Balaban J connectivity index is 1.57. The first kappa shape index (κ1) is 26.5. The first-order valence-corrected chi connectivity index (χ1v) is 12.6. The number of carbonyl (C=O) groups is 2. The first-order chi connectivity index (χ1) is 18.6. The van der Waals surface area contributed by atoms with Crippen LogP contribution in [0.3, 0.4) is 0 Å². The molecule has 0 aliphatic rings. The minimum Gasteiger partial charge on any atom is -0.497 e. The Bertz CT molecular complexity index is 1280. The minimum absolute atomic E-state index is 0.173. The number of rotatable bonds is 12. The normalized spacial score (nSPS) is 11.3. The third-order valence-corrected chi connectivity index (χ3v) is 6.20. The zero-order valence-corrected chi connectivity index (χ0v) is 21.5. The van der Waals surface area contributed by atoms with Gasteiger partial charge in [-0.25, -0.2) is 0 Å². The number of nitrogens with one attached hydrogen (secondary N) is 1. The summed E-state index contributed by atoms with van der Waals surface area (Å²) >= 11 is 0. The summed E-state index contributed by atoms with van der Waals surface area (Å²) in [5.41, 5.74) is 2.83. The Hall–Kier alpha value is -4.58. The SMILES string of the molecule is COc1ccc(CNC(=O)[C@@H](Cc2ccccc2)N(Cc2ccccc2)C(=O)COc2ccccc2)cc1. The lowest BCUT2D eigenvalue weighted by molar-refractivity contribution is -0.142. The van der Waals surface area contributed by atoms with E-state index in [0.29, 0.717) is 18.7 Å². The molecule has 0 radical (unpaired) electrons. The number of hydrogen-bond donors (Lipinski definition) is 1. The molecule has 0 saturated carbocycles. The van der Waals surface area contributed by atoms with E-state index in [9.17, 15) is 9.59 Å². The number of carbonyl (C=O) groups excluding carboxylic acids is 2. The number of amides is 2. The summed E-state index contributed by atoms with van der Waals surface area (Å²) in [6.45, 7) is 0.446. The van der Waals surface area contributed by atoms with Crippen LogP contribution >= 0.6 is 0 Å². The van der Waals surface area contributed by atoms with Crippen molar-refractivity contribution in [1.29, 1.82) is 0 Å². The molecule has 0 aromatic heterocycles. The van der Waals surface area contributed by atoms with Crippen molar-refractivity contribution >= 4 is 11.8 Å². The van der Waals surface area contributed by atoms with Crippen LogP contribution in [0.5, 0.6) is 11.5 Å². The number of methoxy groups -OCH3 is 1. The van der Waals surface area contributed by atoms with Crippen LogP contribution < -0.4 is 14.8 Å². The van der Waals surface area contributed by atoms with Gasteiger partial charge in [0.2, 0.25) is 5.91 Å². The van der Waals surface area contributed by atoms with Gasteiger partial charge in [-0.05, 0) is 41.0 Å². The molecule has 0 bridgehead atoms. The first-order valence-electron chi connectivity index (χ1n) is 12.6. The fraction of sp³-hybridized carbons (Fsp3) is 0.188. The van der Waals surface area contributed by atoms with Crippen molar-refractivity contribution in [3.05, 3.63) is 132 Å². The van der Waals surface area contributed by atoms with E-state index in [1.165, 1.54) is 0 Å². The van der Waals surface area contributed by atoms with E-state index in [0.717, 1.165) is 22.4 Å². The van der Waals surface area contributed by atoms with Gasteiger partial charge >= 0.3 is 0 Å². The van der Waals surface area contributed by atoms with Gasteiger partial charge in [0.05, 0.1) is 7.11 Å². The fourth-order valence-corrected chi connectivity index (χ4v) is 4.13. The molecule has 1 atom stereocenters. The van der Waals surface area contributed by atoms with Gasteiger partial charge in [0.15, 0.2) is 6.61 Å². The molecule has 4 aromatic rings. The van der Waals surface area contributed by atoms with Gasteiger partial charge in [-0.1, -0.05) is 91.0 Å². The van der Waals surface area contributed by atoms with Crippen LogP contribution in [0.2, 0.25) is 0 Å². The van der Waals surface area contributed by atoms with Gasteiger partial charge in [-0.3, -0.25) is 9.59 Å². The molecule has 6 heteroatoms. The average Bonchev–Trinajstić information content (AvgIpc) is 2.98. The summed E-state index contributed by atoms with van der Waals surface area (Å²) in [5, 5.41) is 3.04. The van der Waals surface area contributed by atoms with E-state index in [4.69, 9.17) is 9.47 Å². The Morgan fingerprint density at radius 2 is 1.29 bits per heavy atom. The van der Waals surface area contributed by atoms with E-state index in [2.05, 4.69) is 5.32 Å². The highest BCUT2D eigenvalue weighted by Crippen LogP contribution is 2.17. The third-order valence-electron chi connectivity index (χ3n) is 6.20. The van der Waals surface area contributed by atoms with Crippen LogP contribution in [0.4, 0.5) is 0 Å². The molecule has 0 saturated heterocycles. The predicted molar refractivity (Wildman–Crippen MR) is 148 cm³/mol. The van der Waals surface area contributed by atoms with Gasteiger partial charge in [0.25, 0.3) is 5.91 Å². The van der Waals surface area contributed by atoms with Crippen molar-refractivity contribution in [2.24, 2.45) is 0 Å². The lowest BCUT2D eigenvalue weighted by atomic mass is 10.0. The zero-order valence-electron chi connectivity index (χ0n) is 21.5. The average molecular weight is 509 g/mol. The Kier molecular flexibility index (Phi) is 9.51. The topological polar surface area (TPSA) is 67.9 Å². The number of benzene rings is 4. The second-order valence-electron chi connectivity index (χ2n) is 8.88. The maximum Gasteiger partial charge on any atom is 0.261 e. The van der Waals surface area contributed by atoms with E-state index in [1.54, 1.807) is 24.1 Å². The zero-order chi connectivity index (χ0) is 26.6. The molecule has 194 valence electrons. The van der Waals surface area contributed by atoms with Crippen LogP contribution in [-0.2, 0) is 29.1 Å². The molecule has 38 heavy (non-hydrogen) atoms. The maximum atomic E-state index is 13.7. The molecular weight excluding hydrogens is 476 g/mol. The van der Waals surface area contributed by atoms with Crippen molar-refractivity contribution in [2.75, 3.05) is 13.7 Å². The molecule has 2 amide bonds. The quantitative estimate of drug-likeness (QED) is 0.292. The van der Waals surface area contributed by atoms with Gasteiger partial charge in [0, 0.05) is 19.5 Å². The highest BCUT2D eigenvalue weighted by molar-refractivity contribution is 5.88. The summed E-state index contributed by atoms with van der Waals surface area (Å²) in [6.07, 6.45) is 0.374. The fourth-order valence-electron chi connectivity index (χ4n) is 4.13. The van der Waals surface area contributed by atoms with Gasteiger partial charge in [0.1, 0.15) is 17.5 Å². The van der Waals surface area contributed by atoms with Crippen molar-refractivity contribution in [2.45, 2.75) is 25.6 Å². The van der Waals surface area contributed by atoms with E-state index in [-0.39, 0.29) is 25.0 Å². The second-order valence-corrected chi connectivity index (χ2v) is 8.88. The van der Waals surface area contributed by atoms with Crippen molar-refractivity contribution in [1.82, 2.24) is 10.2 Å². The smallest absolute Gasteiger partial charge is 0.261 e. The molecular formula is C32H32N2O4. The number of nitrogens with zero attached hydrogens (tertiary/aromatic N) is 1. The Morgan fingerprint density at radius 1 is 0.711 bits per heavy atom. The summed E-state index contributed by atoms with van der Waals surface area (Å²) in [7, 11) is 1.62. The Morgan fingerprint density at radius 3 is 1.89 bits per heavy atom. The minimum atomic E-state index is -0.734. The van der Waals surface area contributed by atoms with Crippen LogP contribution in [0.25, 0.3) is 0 Å². The Labute approximate surface area is 223 Å². The van der Waals surface area contributed by atoms with Crippen molar-refractivity contribution in [3.8, 4) is 11.5 Å². The second kappa shape index (κ2) is 13.7. The monoisotopic (exact) mass is 508 g/mol. The van der Waals surface area contributed by atoms with Crippen LogP contribution in [0.1, 0.15) is 16.7 Å². The van der Waals surface area contributed by atoms with E-state index in [1.807, 2.05) is 103 Å². The maximum absolute atomic E-state index is 13.7. The van der Waals surface area contributed by atoms with Crippen LogP contribution in [-0.4, -0.2) is 36.5 Å². The number of para-hydroxylation sites is 1. The van der Waals surface area contributed by atoms with Gasteiger partial charge in [-0.15, -0.1) is 0 Å². The lowest BCUT2D eigenvalue weighted by Gasteiger charge is -2.31. The van der Waals surface area contributed by atoms with Gasteiger partial charge < -0.3 is 19.7 Å². The molecule has 0 aliphatic carbocycles. The standard InChI is InChI=1S/C32H32N2O4/c1-37-28-19-17-26(18-20-28)22-33-32(36)30(21-25-11-5-2-6-12-25)34(23-27-13-7-3-8-14-27)31(35)24-38-29-15-9-4-10-16-29/h2-20,30H,21-24H2,1H3,(H,33,36)/t30-/m1/s1. The molecule has 4 aromatic carbocycles. The molecule has 0 heterocycles. The number of ether oxygens (including phenoxy) is 2. The molecule has 0 unspecified atom stereocenters.